The van der Waals surface area contributed by atoms with E-state index in [4.69, 9.17) is 0 Å². The number of hydrogen-bond acceptors (Lipinski definition) is 2. The van der Waals surface area contributed by atoms with Gasteiger partial charge in [-0.05, 0) is 42.3 Å². The summed E-state index contributed by atoms with van der Waals surface area (Å²) in [6, 6.07) is 18.5. The van der Waals surface area contributed by atoms with Crippen LogP contribution in [0, 0.1) is 6.92 Å². The Morgan fingerprint density at radius 3 is 2.61 bits per heavy atom. The highest BCUT2D eigenvalue weighted by Gasteiger charge is 2.34. The second kappa shape index (κ2) is 7.58. The molecule has 0 fully saturated rings. The molecular weight excluding hydrogens is 461 g/mol. The predicted molar refractivity (Wildman–Crippen MR) is 136 cm³/mol. The number of fused-ring (bicyclic) bond motifs is 10. The van der Waals surface area contributed by atoms with Gasteiger partial charge >= 0.3 is 6.18 Å². The zero-order chi connectivity index (χ0) is 24.6. The third-order valence-electron chi connectivity index (χ3n) is 7.56. The Morgan fingerprint density at radius 2 is 1.75 bits per heavy atom. The summed E-state index contributed by atoms with van der Waals surface area (Å²) >= 11 is 0. The Bertz CT molecular complexity index is 1810. The molecule has 1 aliphatic heterocycles. The van der Waals surface area contributed by atoms with Gasteiger partial charge in [0.05, 0.1) is 22.1 Å². The zero-order valence-electron chi connectivity index (χ0n) is 19.7. The molecule has 1 N–H and O–H groups in total. The number of H-pyrrole nitrogens is 1. The molecule has 0 amide bonds. The molecule has 0 bridgehead atoms. The van der Waals surface area contributed by atoms with E-state index in [1.54, 1.807) is 12.1 Å². The van der Waals surface area contributed by atoms with E-state index in [9.17, 15) is 13.2 Å². The lowest BCUT2D eigenvalue weighted by atomic mass is 9.96. The van der Waals surface area contributed by atoms with E-state index in [0.29, 0.717) is 18.7 Å². The smallest absolute Gasteiger partial charge is 0.297 e. The van der Waals surface area contributed by atoms with Crippen LogP contribution in [0.2, 0.25) is 0 Å². The van der Waals surface area contributed by atoms with Crippen molar-refractivity contribution in [1.82, 2.24) is 19.5 Å². The Labute approximate surface area is 204 Å². The molecule has 7 heteroatoms. The molecule has 4 nitrogen and oxygen atoms in total. The highest BCUT2D eigenvalue weighted by molar-refractivity contribution is 6.23. The molecule has 1 aliphatic rings. The largest absolute Gasteiger partial charge is 0.416 e. The summed E-state index contributed by atoms with van der Waals surface area (Å²) in [4.78, 5) is 6.65. The van der Waals surface area contributed by atoms with Crippen molar-refractivity contribution in [2.45, 2.75) is 32.6 Å². The molecule has 0 radical (unpaired) electrons. The zero-order valence-corrected chi connectivity index (χ0v) is 19.7. The maximum atomic E-state index is 13.6. The average molecular weight is 485 g/mol. The Kier molecular flexibility index (Phi) is 4.51. The van der Waals surface area contributed by atoms with Gasteiger partial charge in [0.25, 0.3) is 0 Å². The Hall–Kier alpha value is -3.84. The number of benzene rings is 3. The molecule has 6 aromatic rings. The van der Waals surface area contributed by atoms with Crippen LogP contribution in [0.3, 0.4) is 0 Å². The number of rotatable bonds is 2. The summed E-state index contributed by atoms with van der Waals surface area (Å²) in [7, 11) is 0. The van der Waals surface area contributed by atoms with Gasteiger partial charge in [0.1, 0.15) is 0 Å². The van der Waals surface area contributed by atoms with Crippen LogP contribution in [-0.2, 0) is 25.7 Å². The van der Waals surface area contributed by atoms with Crippen molar-refractivity contribution in [2.75, 3.05) is 6.54 Å². The second-order valence-corrected chi connectivity index (χ2v) is 9.71. The fourth-order valence-electron chi connectivity index (χ4n) is 5.97. The van der Waals surface area contributed by atoms with Crippen LogP contribution < -0.4 is 0 Å². The van der Waals surface area contributed by atoms with Gasteiger partial charge in [0, 0.05) is 65.1 Å². The number of aromatic nitrogens is 3. The minimum absolute atomic E-state index is 0.258. The molecule has 0 saturated heterocycles. The number of halogens is 3. The van der Waals surface area contributed by atoms with Crippen molar-refractivity contribution in [2.24, 2.45) is 0 Å². The number of aryl methyl sites for hydroxylation is 1. The highest BCUT2D eigenvalue weighted by atomic mass is 19.4. The summed E-state index contributed by atoms with van der Waals surface area (Å²) in [6.07, 6.45) is -1.77. The molecule has 3 aromatic heterocycles. The monoisotopic (exact) mass is 484 g/mol. The molecule has 0 aliphatic carbocycles. The predicted octanol–water partition coefficient (Wildman–Crippen LogP) is 7.01. The molecular formula is C29H23F3N4. The van der Waals surface area contributed by atoms with Gasteiger partial charge in [-0.25, -0.2) is 0 Å². The summed E-state index contributed by atoms with van der Waals surface area (Å²) in [5.74, 6) is 0. The van der Waals surface area contributed by atoms with Crippen molar-refractivity contribution in [3.05, 3.63) is 94.8 Å². The van der Waals surface area contributed by atoms with E-state index in [-0.39, 0.29) is 6.54 Å². The van der Waals surface area contributed by atoms with Crippen molar-refractivity contribution in [1.29, 1.82) is 0 Å². The normalized spacial score (nSPS) is 14.9. The van der Waals surface area contributed by atoms with Crippen LogP contribution in [0.5, 0.6) is 0 Å². The number of nitrogens with zero attached hydrogens (tertiary/aromatic N) is 3. The number of para-hydroxylation sites is 1. The highest BCUT2D eigenvalue weighted by Crippen LogP contribution is 2.39. The van der Waals surface area contributed by atoms with E-state index < -0.39 is 11.7 Å². The van der Waals surface area contributed by atoms with Crippen LogP contribution in [-0.4, -0.2) is 26.0 Å². The lowest BCUT2D eigenvalue weighted by molar-refractivity contribution is -0.138. The lowest BCUT2D eigenvalue weighted by Gasteiger charge is -2.28. The molecule has 180 valence electrons. The number of aromatic amines is 1. The SMILES string of the molecule is Cc1cccc2c3c4ccnc4ccc3c3c4c([nH]n3c12)CCN(Cc1ccccc1C(F)(F)F)C4. The Morgan fingerprint density at radius 1 is 0.917 bits per heavy atom. The van der Waals surface area contributed by atoms with Crippen LogP contribution in [0.4, 0.5) is 13.2 Å². The maximum absolute atomic E-state index is 13.6. The topological polar surface area (TPSA) is 36.3 Å². The molecule has 36 heavy (non-hydrogen) atoms. The number of alkyl halides is 3. The summed E-state index contributed by atoms with van der Waals surface area (Å²) in [5.41, 5.74) is 6.41. The first-order chi connectivity index (χ1) is 17.4. The molecule has 0 atom stereocenters. The van der Waals surface area contributed by atoms with Crippen molar-refractivity contribution in [3.63, 3.8) is 0 Å². The van der Waals surface area contributed by atoms with Crippen molar-refractivity contribution >= 4 is 38.1 Å². The Balaban J connectivity index is 1.44. The second-order valence-electron chi connectivity index (χ2n) is 9.71. The molecule has 0 unspecified atom stereocenters. The summed E-state index contributed by atoms with van der Waals surface area (Å²) in [5, 5.41) is 8.23. The van der Waals surface area contributed by atoms with Crippen LogP contribution >= 0.6 is 0 Å². The fraction of sp³-hybridized carbons (Fsp3) is 0.207. The van der Waals surface area contributed by atoms with E-state index in [2.05, 4.69) is 62.8 Å². The third kappa shape index (κ3) is 3.09. The molecule has 3 aromatic carbocycles. The van der Waals surface area contributed by atoms with Gasteiger partial charge in [-0.15, -0.1) is 0 Å². The van der Waals surface area contributed by atoms with E-state index in [0.717, 1.165) is 56.0 Å². The first-order valence-corrected chi connectivity index (χ1v) is 12.1. The van der Waals surface area contributed by atoms with Crippen LogP contribution in [0.1, 0.15) is 27.9 Å². The van der Waals surface area contributed by atoms with Gasteiger partial charge < -0.3 is 0 Å². The standard InChI is InChI=1S/C29H23F3N4/c1-17-5-4-7-20-26-19-11-13-33-24(19)10-9-21(26)28-22-16-35(14-12-25(22)34-36(28)27(17)20)15-18-6-2-3-8-23(18)29(30,31)32/h2-11,13,34H,12,14-16H2,1H3. The van der Waals surface area contributed by atoms with Crippen LogP contribution in [0.25, 0.3) is 38.1 Å². The summed E-state index contributed by atoms with van der Waals surface area (Å²) < 4.78 is 43.1. The van der Waals surface area contributed by atoms with E-state index >= 15 is 0 Å². The molecule has 0 spiro atoms. The number of nitrogens with one attached hydrogen (secondary N) is 1. The molecule has 4 heterocycles. The number of pyridine rings is 1. The molecule has 0 saturated carbocycles. The maximum Gasteiger partial charge on any atom is 0.416 e. The van der Waals surface area contributed by atoms with Gasteiger partial charge in [0.15, 0.2) is 0 Å². The fourth-order valence-corrected chi connectivity index (χ4v) is 5.97. The first-order valence-electron chi connectivity index (χ1n) is 12.1. The van der Waals surface area contributed by atoms with Crippen molar-refractivity contribution < 1.29 is 13.2 Å². The van der Waals surface area contributed by atoms with Crippen molar-refractivity contribution in [3.8, 4) is 0 Å². The van der Waals surface area contributed by atoms with Gasteiger partial charge in [-0.3, -0.25) is 19.5 Å². The van der Waals surface area contributed by atoms with Gasteiger partial charge in [-0.1, -0.05) is 36.4 Å². The summed E-state index contributed by atoms with van der Waals surface area (Å²) in [6.45, 7) is 3.65. The minimum atomic E-state index is -4.36. The van der Waals surface area contributed by atoms with E-state index in [1.807, 2.05) is 6.20 Å². The minimum Gasteiger partial charge on any atom is -0.297 e. The third-order valence-corrected chi connectivity index (χ3v) is 7.56. The van der Waals surface area contributed by atoms with Crippen LogP contribution in [0.15, 0.2) is 66.9 Å². The van der Waals surface area contributed by atoms with E-state index in [1.165, 1.54) is 17.5 Å². The lowest BCUT2D eigenvalue weighted by Crippen LogP contribution is -2.30. The first kappa shape index (κ1) is 21.4. The van der Waals surface area contributed by atoms with Gasteiger partial charge in [0.2, 0.25) is 0 Å². The quantitative estimate of drug-likeness (QED) is 0.269. The molecule has 7 rings (SSSR count). The van der Waals surface area contributed by atoms with Gasteiger partial charge in [-0.2, -0.15) is 13.2 Å². The average Bonchev–Trinajstić information content (AvgIpc) is 3.48. The number of hydrogen-bond donors (Lipinski definition) is 1.